The Labute approximate surface area is 61.0 Å². The van der Waals surface area contributed by atoms with Gasteiger partial charge in [0.1, 0.15) is 0 Å². The van der Waals surface area contributed by atoms with Crippen LogP contribution in [-0.2, 0) is 0 Å². The summed E-state index contributed by atoms with van der Waals surface area (Å²) in [4.78, 5) is 0. The van der Waals surface area contributed by atoms with E-state index in [1.54, 1.807) is 0 Å². The van der Waals surface area contributed by atoms with Gasteiger partial charge in [0.15, 0.2) is 0 Å². The first-order chi connectivity index (χ1) is 0. The van der Waals surface area contributed by atoms with Gasteiger partial charge < -0.3 is 0 Å². The van der Waals surface area contributed by atoms with E-state index in [1.807, 2.05) is 0 Å². The average molecular weight is 237 g/mol. The molecule has 4 heteroatoms. The summed E-state index contributed by atoms with van der Waals surface area (Å²) in [6.07, 6.45) is 0. The fourth-order valence-corrected chi connectivity index (χ4v) is 0. The summed E-state index contributed by atoms with van der Waals surface area (Å²) in [5, 5.41) is 0. The second kappa shape index (κ2) is 23.3. The molecule has 0 aromatic carbocycles. The van der Waals surface area contributed by atoms with Crippen LogP contribution in [-0.4, -0.2) is 0 Å². The van der Waals surface area contributed by atoms with Crippen LogP contribution in [0.5, 0.6) is 0 Å². The van der Waals surface area contributed by atoms with Crippen molar-refractivity contribution < 1.29 is 0 Å². The highest BCUT2D eigenvalue weighted by Gasteiger charge is -0.107. The molecule has 0 radical (unpaired) electrons. The molecule has 0 nitrogen and oxygen atoms in total. The quantitative estimate of drug-likeness (QED) is 0.564. The molecular formula is H4Cl3I. The smallest absolute Gasteiger partial charge is 0.107 e. The zero-order valence-corrected chi connectivity index (χ0v) is 6.41. The Morgan fingerprint density at radius 1 is 0.500 bits per heavy atom. The van der Waals surface area contributed by atoms with Crippen LogP contribution in [0.2, 0.25) is 0 Å². The molecule has 0 aliphatic carbocycles. The first-order valence-corrected chi connectivity index (χ1v) is 0. The molecular weight excluding hydrogens is 233 g/mol. The van der Waals surface area contributed by atoms with E-state index < -0.39 is 0 Å². The Kier molecular flexibility index (Phi) is 269. The minimum absolute atomic E-state index is 0. The topological polar surface area (TPSA) is 0 Å². The van der Waals surface area contributed by atoms with Crippen molar-refractivity contribution in [3.63, 3.8) is 0 Å². The zero-order chi connectivity index (χ0) is 0. The summed E-state index contributed by atoms with van der Waals surface area (Å²) in [6.45, 7) is 0. The van der Waals surface area contributed by atoms with Crippen LogP contribution in [0.1, 0.15) is 0 Å². The van der Waals surface area contributed by atoms with E-state index in [0.29, 0.717) is 0 Å². The summed E-state index contributed by atoms with van der Waals surface area (Å²) in [5.41, 5.74) is 0. The molecule has 0 spiro atoms. The SMILES string of the molecule is Cl.Cl.Cl.I. The van der Waals surface area contributed by atoms with Crippen molar-refractivity contribution in [3.05, 3.63) is 0 Å². The van der Waals surface area contributed by atoms with Crippen LogP contribution in [0, 0.1) is 0 Å². The van der Waals surface area contributed by atoms with Gasteiger partial charge in [0.2, 0.25) is 0 Å². The van der Waals surface area contributed by atoms with Crippen LogP contribution < -0.4 is 0 Å². The summed E-state index contributed by atoms with van der Waals surface area (Å²) in [6, 6.07) is 0. The molecule has 0 N–H and O–H groups in total. The lowest BCUT2D eigenvalue weighted by atomic mass is 35.5. The lowest BCUT2D eigenvalue weighted by molar-refractivity contribution is 5.85. The van der Waals surface area contributed by atoms with Crippen LogP contribution in [0.3, 0.4) is 0 Å². The fourth-order valence-electron chi connectivity index (χ4n) is 0. The first kappa shape index (κ1) is 46.3. The molecule has 0 atom stereocenters. The second-order valence-electron chi connectivity index (χ2n) is 0. The minimum atomic E-state index is 0. The lowest BCUT2D eigenvalue weighted by Gasteiger charge is -0.148. The Hall–Kier alpha value is 1.60. The van der Waals surface area contributed by atoms with Gasteiger partial charge in [-0.1, -0.05) is 0 Å². The third kappa shape index (κ3) is 9.51. The molecule has 0 amide bonds. The maximum atomic E-state index is 0. The molecule has 0 aromatic heterocycles. The van der Waals surface area contributed by atoms with Gasteiger partial charge in [-0.15, -0.1) is 61.2 Å². The average Bonchev–Trinajstić information content (AvgIpc) is 0. The van der Waals surface area contributed by atoms with Gasteiger partial charge in [0, 0.05) is 0 Å². The van der Waals surface area contributed by atoms with Gasteiger partial charge in [-0.25, -0.2) is 0 Å². The number of rotatable bonds is 0. The largest absolute Gasteiger partial charge is 0.147 e. The summed E-state index contributed by atoms with van der Waals surface area (Å²) >= 11 is 0. The van der Waals surface area contributed by atoms with Crippen LogP contribution in [0.15, 0.2) is 0 Å². The van der Waals surface area contributed by atoms with Gasteiger partial charge in [0.05, 0.1) is 0 Å². The van der Waals surface area contributed by atoms with E-state index in [0.717, 1.165) is 0 Å². The molecule has 0 aromatic rings. The van der Waals surface area contributed by atoms with E-state index in [9.17, 15) is 0 Å². The predicted molar refractivity (Wildman–Crippen MR) is 37.2 cm³/mol. The molecule has 0 saturated heterocycles. The molecule has 32 valence electrons. The van der Waals surface area contributed by atoms with Gasteiger partial charge in [-0.3, -0.25) is 0 Å². The minimum Gasteiger partial charge on any atom is -0.147 e. The molecule has 0 heterocycles. The third-order valence-corrected chi connectivity index (χ3v) is 0. The van der Waals surface area contributed by atoms with Crippen LogP contribution >= 0.6 is 61.2 Å². The van der Waals surface area contributed by atoms with E-state index in [-0.39, 0.29) is 61.2 Å². The Bertz CT molecular complexity index is 3.25. The summed E-state index contributed by atoms with van der Waals surface area (Å²) in [5.74, 6) is 0. The van der Waals surface area contributed by atoms with Crippen molar-refractivity contribution >= 4 is 61.2 Å². The third-order valence-electron chi connectivity index (χ3n) is 0. The Morgan fingerprint density at radius 3 is 0.500 bits per heavy atom. The molecule has 0 aliphatic rings. The molecule has 4 heavy (non-hydrogen) atoms. The fraction of sp³-hybridized carbons (Fsp3) is 0. The molecule has 0 bridgehead atoms. The Morgan fingerprint density at radius 2 is 0.500 bits per heavy atom. The van der Waals surface area contributed by atoms with Crippen LogP contribution in [0.25, 0.3) is 0 Å². The molecule has 0 fully saturated rings. The van der Waals surface area contributed by atoms with Crippen LogP contribution in [0.4, 0.5) is 0 Å². The first-order valence-electron chi connectivity index (χ1n) is 0. The highest BCUT2D eigenvalue weighted by Crippen LogP contribution is 0.886. The van der Waals surface area contributed by atoms with E-state index in [1.165, 1.54) is 0 Å². The van der Waals surface area contributed by atoms with Crippen molar-refractivity contribution in [2.75, 3.05) is 0 Å². The monoisotopic (exact) mass is 236 g/mol. The predicted octanol–water partition coefficient (Wildman–Crippen LogP) is 1.88. The zero-order valence-electron chi connectivity index (χ0n) is 1.63. The van der Waals surface area contributed by atoms with E-state index in [4.69, 9.17) is 0 Å². The second-order valence-corrected chi connectivity index (χ2v) is 0. The maximum Gasteiger partial charge on any atom is -0.107 e. The van der Waals surface area contributed by atoms with Gasteiger partial charge >= 0.3 is 0 Å². The molecule has 0 saturated carbocycles. The Balaban J connectivity index is 0. The number of hydrogen-bond acceptors (Lipinski definition) is 0. The summed E-state index contributed by atoms with van der Waals surface area (Å²) in [7, 11) is 0. The van der Waals surface area contributed by atoms with Crippen molar-refractivity contribution in [2.24, 2.45) is 0 Å². The number of hydrogen-bond donors (Lipinski definition) is 0. The number of halogens is 4. The molecule has 0 rings (SSSR count). The normalized spacial score (nSPS) is 0. The maximum absolute atomic E-state index is 0. The van der Waals surface area contributed by atoms with Gasteiger partial charge in [-0.2, -0.15) is 0 Å². The van der Waals surface area contributed by atoms with Crippen molar-refractivity contribution in [2.45, 2.75) is 0 Å². The van der Waals surface area contributed by atoms with Crippen molar-refractivity contribution in [1.82, 2.24) is 0 Å². The lowest BCUT2D eigenvalue weighted by Crippen LogP contribution is 0.688. The molecule has 0 aliphatic heterocycles. The standard InChI is InChI=1S/3ClH.HI/h4*1H. The van der Waals surface area contributed by atoms with Crippen molar-refractivity contribution in [1.29, 1.82) is 0 Å². The summed E-state index contributed by atoms with van der Waals surface area (Å²) < 4.78 is 0. The molecule has 0 unspecified atom stereocenters. The van der Waals surface area contributed by atoms with E-state index >= 15 is 0 Å². The highest BCUT2D eigenvalue weighted by atomic mass is 127. The van der Waals surface area contributed by atoms with Gasteiger partial charge in [-0.05, 0) is 0 Å². The van der Waals surface area contributed by atoms with Gasteiger partial charge in [0.25, 0.3) is 0 Å². The highest BCUT2D eigenvalue weighted by molar-refractivity contribution is 14.0. The van der Waals surface area contributed by atoms with E-state index in [2.05, 4.69) is 0 Å². The van der Waals surface area contributed by atoms with Crippen molar-refractivity contribution in [3.8, 4) is 0 Å².